The zero-order valence-electron chi connectivity index (χ0n) is 13.6. The summed E-state index contributed by atoms with van der Waals surface area (Å²) in [4.78, 5) is 18.3. The van der Waals surface area contributed by atoms with Crippen molar-refractivity contribution in [2.75, 3.05) is 0 Å². The van der Waals surface area contributed by atoms with Crippen molar-refractivity contribution in [3.63, 3.8) is 0 Å². The number of para-hydroxylation sites is 2. The Morgan fingerprint density at radius 2 is 1.80 bits per heavy atom. The van der Waals surface area contributed by atoms with Crippen molar-refractivity contribution in [1.29, 1.82) is 0 Å². The highest BCUT2D eigenvalue weighted by atomic mass is 32.1. The number of rotatable bonds is 5. The van der Waals surface area contributed by atoms with E-state index in [1.54, 1.807) is 11.3 Å². The minimum absolute atomic E-state index is 0.0233. The standard InChI is InChI=1S/C20H17N3OS/c24-19(21-13-15-7-2-1-3-8-15)14-23-17-10-5-4-9-16(17)22-20(23)18-11-6-12-25-18/h1-12H,13-14H2,(H,21,24). The monoisotopic (exact) mass is 347 g/mol. The lowest BCUT2D eigenvalue weighted by molar-refractivity contribution is -0.121. The van der Waals surface area contributed by atoms with Crippen molar-refractivity contribution in [1.82, 2.24) is 14.9 Å². The number of carbonyl (C=O) groups is 1. The molecular formula is C20H17N3OS. The lowest BCUT2D eigenvalue weighted by Gasteiger charge is -2.09. The Bertz CT molecular complexity index is 990. The van der Waals surface area contributed by atoms with Crippen LogP contribution in [-0.2, 0) is 17.9 Å². The van der Waals surface area contributed by atoms with Crippen LogP contribution in [0.2, 0.25) is 0 Å². The van der Waals surface area contributed by atoms with Crippen LogP contribution in [0.1, 0.15) is 5.56 Å². The number of benzene rings is 2. The predicted molar refractivity (Wildman–Crippen MR) is 101 cm³/mol. The number of carbonyl (C=O) groups excluding carboxylic acids is 1. The minimum Gasteiger partial charge on any atom is -0.350 e. The molecule has 2 aromatic heterocycles. The van der Waals surface area contributed by atoms with E-state index in [0.717, 1.165) is 27.3 Å². The van der Waals surface area contributed by atoms with Crippen molar-refractivity contribution < 1.29 is 4.79 Å². The maximum Gasteiger partial charge on any atom is 0.240 e. The summed E-state index contributed by atoms with van der Waals surface area (Å²) in [6, 6.07) is 21.9. The SMILES string of the molecule is O=C(Cn1c(-c2cccs2)nc2ccccc21)NCc1ccccc1. The van der Waals surface area contributed by atoms with Gasteiger partial charge in [0, 0.05) is 6.54 Å². The van der Waals surface area contributed by atoms with Gasteiger partial charge in [-0.2, -0.15) is 0 Å². The molecule has 4 nitrogen and oxygen atoms in total. The highest BCUT2D eigenvalue weighted by Crippen LogP contribution is 2.28. The second-order valence-electron chi connectivity index (χ2n) is 5.75. The Balaban J connectivity index is 1.60. The molecule has 0 aliphatic rings. The summed E-state index contributed by atoms with van der Waals surface area (Å²) in [6.45, 7) is 0.779. The van der Waals surface area contributed by atoms with Crippen LogP contribution in [0, 0.1) is 0 Å². The minimum atomic E-state index is -0.0233. The second-order valence-corrected chi connectivity index (χ2v) is 6.70. The number of hydrogen-bond donors (Lipinski definition) is 1. The smallest absolute Gasteiger partial charge is 0.240 e. The fraction of sp³-hybridized carbons (Fsp3) is 0.100. The van der Waals surface area contributed by atoms with E-state index in [9.17, 15) is 4.79 Å². The molecule has 0 aliphatic carbocycles. The van der Waals surface area contributed by atoms with Gasteiger partial charge < -0.3 is 9.88 Å². The van der Waals surface area contributed by atoms with E-state index < -0.39 is 0 Å². The summed E-state index contributed by atoms with van der Waals surface area (Å²) in [7, 11) is 0. The van der Waals surface area contributed by atoms with Crippen LogP contribution in [0.15, 0.2) is 72.1 Å². The molecule has 1 N–H and O–H groups in total. The highest BCUT2D eigenvalue weighted by Gasteiger charge is 2.15. The summed E-state index contributed by atoms with van der Waals surface area (Å²) in [6.07, 6.45) is 0. The summed E-state index contributed by atoms with van der Waals surface area (Å²) in [5.41, 5.74) is 2.97. The predicted octanol–water partition coefficient (Wildman–Crippen LogP) is 4.08. The van der Waals surface area contributed by atoms with Gasteiger partial charge in [0.2, 0.25) is 5.91 Å². The number of hydrogen-bond acceptors (Lipinski definition) is 3. The van der Waals surface area contributed by atoms with Crippen LogP contribution >= 0.6 is 11.3 Å². The lowest BCUT2D eigenvalue weighted by Crippen LogP contribution is -2.27. The number of amides is 1. The Morgan fingerprint density at radius 1 is 1.00 bits per heavy atom. The number of nitrogens with zero attached hydrogens (tertiary/aromatic N) is 2. The molecule has 5 heteroatoms. The first kappa shape index (κ1) is 15.6. The largest absolute Gasteiger partial charge is 0.350 e. The van der Waals surface area contributed by atoms with E-state index in [4.69, 9.17) is 4.98 Å². The molecule has 0 aliphatic heterocycles. The molecule has 25 heavy (non-hydrogen) atoms. The van der Waals surface area contributed by atoms with Gasteiger partial charge in [0.15, 0.2) is 5.82 Å². The second kappa shape index (κ2) is 6.91. The van der Waals surface area contributed by atoms with Crippen LogP contribution in [0.25, 0.3) is 21.7 Å². The lowest BCUT2D eigenvalue weighted by atomic mass is 10.2. The summed E-state index contributed by atoms with van der Waals surface area (Å²) in [5, 5.41) is 5.01. The van der Waals surface area contributed by atoms with Gasteiger partial charge in [0.05, 0.1) is 15.9 Å². The van der Waals surface area contributed by atoms with Crippen molar-refractivity contribution in [3.05, 3.63) is 77.7 Å². The fourth-order valence-corrected chi connectivity index (χ4v) is 3.55. The van der Waals surface area contributed by atoms with Gasteiger partial charge in [-0.3, -0.25) is 4.79 Å². The van der Waals surface area contributed by atoms with Crippen molar-refractivity contribution in [2.45, 2.75) is 13.1 Å². The molecule has 1 amide bonds. The highest BCUT2D eigenvalue weighted by molar-refractivity contribution is 7.13. The number of aromatic nitrogens is 2. The van der Waals surface area contributed by atoms with Crippen molar-refractivity contribution in [3.8, 4) is 10.7 Å². The molecular weight excluding hydrogens is 330 g/mol. The van der Waals surface area contributed by atoms with E-state index in [2.05, 4.69) is 5.32 Å². The maximum atomic E-state index is 12.5. The summed E-state index contributed by atoms with van der Waals surface area (Å²) in [5.74, 6) is 0.816. The molecule has 0 saturated carbocycles. The zero-order valence-corrected chi connectivity index (χ0v) is 14.4. The topological polar surface area (TPSA) is 46.9 Å². The van der Waals surface area contributed by atoms with E-state index in [0.29, 0.717) is 6.54 Å². The number of imidazole rings is 1. The van der Waals surface area contributed by atoms with Gasteiger partial charge in [0.1, 0.15) is 6.54 Å². The molecule has 0 unspecified atom stereocenters. The van der Waals surface area contributed by atoms with E-state index >= 15 is 0 Å². The summed E-state index contributed by atoms with van der Waals surface area (Å²) < 4.78 is 1.99. The Morgan fingerprint density at radius 3 is 2.60 bits per heavy atom. The average molecular weight is 347 g/mol. The van der Waals surface area contributed by atoms with Crippen LogP contribution in [-0.4, -0.2) is 15.5 Å². The third-order valence-electron chi connectivity index (χ3n) is 4.03. The molecule has 4 rings (SSSR count). The number of nitrogens with one attached hydrogen (secondary N) is 1. The molecule has 0 saturated heterocycles. The third-order valence-corrected chi connectivity index (χ3v) is 4.90. The first-order valence-corrected chi connectivity index (χ1v) is 8.99. The Labute approximate surface area is 149 Å². The number of fused-ring (bicyclic) bond motifs is 1. The van der Waals surface area contributed by atoms with E-state index in [1.165, 1.54) is 0 Å². The van der Waals surface area contributed by atoms with Crippen LogP contribution in [0.4, 0.5) is 0 Å². The maximum absolute atomic E-state index is 12.5. The molecule has 0 atom stereocenters. The zero-order chi connectivity index (χ0) is 17.1. The van der Waals surface area contributed by atoms with Gasteiger partial charge in [-0.15, -0.1) is 11.3 Å². The molecule has 0 fully saturated rings. The molecule has 2 aromatic carbocycles. The van der Waals surface area contributed by atoms with Crippen molar-refractivity contribution >= 4 is 28.3 Å². The average Bonchev–Trinajstić information content (AvgIpc) is 3.29. The molecule has 0 bridgehead atoms. The van der Waals surface area contributed by atoms with Gasteiger partial charge in [-0.25, -0.2) is 4.98 Å². The Hall–Kier alpha value is -2.92. The first-order valence-electron chi connectivity index (χ1n) is 8.11. The van der Waals surface area contributed by atoms with Gasteiger partial charge in [-0.1, -0.05) is 48.5 Å². The Kier molecular flexibility index (Phi) is 4.31. The normalized spacial score (nSPS) is 10.9. The number of thiophene rings is 1. The van der Waals surface area contributed by atoms with Gasteiger partial charge >= 0.3 is 0 Å². The first-order chi connectivity index (χ1) is 12.3. The van der Waals surface area contributed by atoms with Gasteiger partial charge in [0.25, 0.3) is 0 Å². The molecule has 124 valence electrons. The van der Waals surface area contributed by atoms with E-state index in [1.807, 2.05) is 76.7 Å². The van der Waals surface area contributed by atoms with Gasteiger partial charge in [-0.05, 0) is 29.1 Å². The summed E-state index contributed by atoms with van der Waals surface area (Å²) >= 11 is 1.63. The molecule has 4 aromatic rings. The fourth-order valence-electron chi connectivity index (χ4n) is 2.83. The van der Waals surface area contributed by atoms with Crippen LogP contribution in [0.5, 0.6) is 0 Å². The van der Waals surface area contributed by atoms with Crippen molar-refractivity contribution in [2.24, 2.45) is 0 Å². The van der Waals surface area contributed by atoms with Crippen LogP contribution in [0.3, 0.4) is 0 Å². The quantitative estimate of drug-likeness (QED) is 0.591. The van der Waals surface area contributed by atoms with Crippen LogP contribution < -0.4 is 5.32 Å². The molecule has 0 radical (unpaired) electrons. The third kappa shape index (κ3) is 3.32. The molecule has 2 heterocycles. The van der Waals surface area contributed by atoms with E-state index in [-0.39, 0.29) is 12.5 Å². The molecule has 0 spiro atoms.